The third-order valence-corrected chi connectivity index (χ3v) is 1.54. The average molecular weight is 367 g/mol. The summed E-state index contributed by atoms with van der Waals surface area (Å²) in [4.78, 5) is 11.2. The summed E-state index contributed by atoms with van der Waals surface area (Å²) in [5.74, 6) is 0.889. The van der Waals surface area contributed by atoms with Gasteiger partial charge in [-0.2, -0.15) is 0 Å². The first-order valence-corrected chi connectivity index (χ1v) is 9.45. The third-order valence-electron chi connectivity index (χ3n) is 1.54. The molecule has 1 rings (SSSR count). The number of benzene rings is 1. The number of hydrogen-bond donors (Lipinski definition) is 0. The Labute approximate surface area is 163 Å². The number of carbonyl (C=O) groups is 1. The fraction of sp³-hybridized carbons (Fsp3) is 0.435. The second kappa shape index (κ2) is 38.3. The predicted molar refractivity (Wildman–Crippen MR) is 119 cm³/mol. The molecule has 0 fully saturated rings. The highest BCUT2D eigenvalue weighted by Gasteiger charge is 2.05. The molecule has 0 saturated heterocycles. The Kier molecular flexibility index (Phi) is 51.5. The zero-order valence-corrected chi connectivity index (χ0v) is 18.8. The van der Waals surface area contributed by atoms with Crippen LogP contribution in [0.4, 0.5) is 4.79 Å². The molecule has 0 atom stereocenters. The van der Waals surface area contributed by atoms with E-state index in [1.54, 1.807) is 43.3 Å². The maximum absolute atomic E-state index is 11.2. The van der Waals surface area contributed by atoms with Crippen molar-refractivity contribution >= 4 is 6.16 Å². The Morgan fingerprint density at radius 1 is 0.885 bits per heavy atom. The van der Waals surface area contributed by atoms with Crippen LogP contribution < -0.4 is 4.74 Å². The molecule has 0 aliphatic carbocycles. The van der Waals surface area contributed by atoms with Gasteiger partial charge < -0.3 is 9.47 Å². The average Bonchev–Trinajstić information content (AvgIpc) is 2.69. The number of hydrogen-bond acceptors (Lipinski definition) is 3. The van der Waals surface area contributed by atoms with Crippen molar-refractivity contribution in [3.05, 3.63) is 67.5 Å². The minimum Gasteiger partial charge on any atom is -0.400 e. The maximum atomic E-state index is 11.2. The van der Waals surface area contributed by atoms with Gasteiger partial charge in [0.1, 0.15) is 11.5 Å². The van der Waals surface area contributed by atoms with Crippen molar-refractivity contribution in [2.75, 3.05) is 0 Å². The highest BCUT2D eigenvalue weighted by molar-refractivity contribution is 5.64. The first-order valence-electron chi connectivity index (χ1n) is 9.45. The molecule has 1 aromatic carbocycles. The molecule has 0 unspecified atom stereocenters. The lowest BCUT2D eigenvalue weighted by atomic mass is 10.3. The quantitative estimate of drug-likeness (QED) is 0.177. The van der Waals surface area contributed by atoms with Crippen LogP contribution in [0.2, 0.25) is 0 Å². The normalized spacial score (nSPS) is 7.54. The van der Waals surface area contributed by atoms with Crippen LogP contribution in [0, 0.1) is 0 Å². The lowest BCUT2D eigenvalue weighted by Gasteiger charge is -2.04. The molecule has 0 aliphatic rings. The van der Waals surface area contributed by atoms with Crippen molar-refractivity contribution < 1.29 is 14.3 Å². The van der Waals surface area contributed by atoms with E-state index in [9.17, 15) is 4.79 Å². The molecule has 152 valence electrons. The van der Waals surface area contributed by atoms with Gasteiger partial charge >= 0.3 is 6.16 Å². The van der Waals surface area contributed by atoms with E-state index in [0.29, 0.717) is 11.5 Å². The molecule has 0 radical (unpaired) electrons. The van der Waals surface area contributed by atoms with Gasteiger partial charge in [0, 0.05) is 0 Å². The molecular weight excluding hydrogens is 324 g/mol. The SMILES string of the molecule is C=C/C=C(\C)OC(=O)Oc1ccccc1.C=CC.CC.CC.CC.CC. The highest BCUT2D eigenvalue weighted by atomic mass is 16.7. The summed E-state index contributed by atoms with van der Waals surface area (Å²) in [7, 11) is 0. The van der Waals surface area contributed by atoms with Crippen LogP contribution >= 0.6 is 0 Å². The first kappa shape index (κ1) is 34.9. The van der Waals surface area contributed by atoms with E-state index in [1.807, 2.05) is 68.4 Å². The smallest absolute Gasteiger partial charge is 0.400 e. The number of allylic oxidation sites excluding steroid dienone is 4. The summed E-state index contributed by atoms with van der Waals surface area (Å²) in [6, 6.07) is 8.73. The molecule has 0 heterocycles. The van der Waals surface area contributed by atoms with Crippen molar-refractivity contribution in [3.8, 4) is 5.75 Å². The molecule has 26 heavy (non-hydrogen) atoms. The van der Waals surface area contributed by atoms with Crippen LogP contribution in [0.1, 0.15) is 69.2 Å². The van der Waals surface area contributed by atoms with Crippen molar-refractivity contribution in [2.45, 2.75) is 69.2 Å². The molecule has 3 heteroatoms. The fourth-order valence-corrected chi connectivity index (χ4v) is 0.937. The number of para-hydroxylation sites is 1. The van der Waals surface area contributed by atoms with Gasteiger partial charge in [-0.25, -0.2) is 4.79 Å². The topological polar surface area (TPSA) is 35.5 Å². The van der Waals surface area contributed by atoms with Crippen molar-refractivity contribution in [1.29, 1.82) is 0 Å². The Balaban J connectivity index is -0.000000113. The van der Waals surface area contributed by atoms with E-state index in [2.05, 4.69) is 13.2 Å². The lowest BCUT2D eigenvalue weighted by Crippen LogP contribution is -2.09. The summed E-state index contributed by atoms with van der Waals surface area (Å²) < 4.78 is 9.72. The lowest BCUT2D eigenvalue weighted by molar-refractivity contribution is 0.127. The van der Waals surface area contributed by atoms with Crippen molar-refractivity contribution in [3.63, 3.8) is 0 Å². The van der Waals surface area contributed by atoms with Crippen LogP contribution in [0.15, 0.2) is 67.5 Å². The van der Waals surface area contributed by atoms with E-state index in [0.717, 1.165) is 0 Å². The summed E-state index contributed by atoms with van der Waals surface area (Å²) in [5.41, 5.74) is 0. The Hall–Kier alpha value is -2.29. The van der Waals surface area contributed by atoms with Crippen LogP contribution in [-0.2, 0) is 4.74 Å². The molecule has 0 aliphatic heterocycles. The molecule has 1 aromatic rings. The number of rotatable bonds is 3. The predicted octanol–water partition coefficient (Wildman–Crippen LogP) is 8.59. The van der Waals surface area contributed by atoms with Gasteiger partial charge in [-0.3, -0.25) is 0 Å². The largest absolute Gasteiger partial charge is 0.519 e. The summed E-state index contributed by atoms with van der Waals surface area (Å²) >= 11 is 0. The zero-order valence-electron chi connectivity index (χ0n) is 18.8. The van der Waals surface area contributed by atoms with Gasteiger partial charge in [0.2, 0.25) is 0 Å². The van der Waals surface area contributed by atoms with Crippen LogP contribution in [0.3, 0.4) is 0 Å². The summed E-state index contributed by atoms with van der Waals surface area (Å²) in [6.45, 7) is 26.4. The van der Waals surface area contributed by atoms with Gasteiger partial charge in [-0.05, 0) is 32.1 Å². The Morgan fingerprint density at radius 2 is 1.27 bits per heavy atom. The first-order chi connectivity index (χ1) is 12.6. The number of ether oxygens (including phenoxy) is 2. The fourth-order valence-electron chi connectivity index (χ4n) is 0.937. The second-order valence-electron chi connectivity index (χ2n) is 3.19. The van der Waals surface area contributed by atoms with E-state index >= 15 is 0 Å². The molecule has 3 nitrogen and oxygen atoms in total. The van der Waals surface area contributed by atoms with Crippen LogP contribution in [0.25, 0.3) is 0 Å². The summed E-state index contributed by atoms with van der Waals surface area (Å²) in [5, 5.41) is 0. The monoisotopic (exact) mass is 366 g/mol. The maximum Gasteiger partial charge on any atom is 0.519 e. The molecule has 0 aromatic heterocycles. The second-order valence-corrected chi connectivity index (χ2v) is 3.19. The van der Waals surface area contributed by atoms with Gasteiger partial charge in [-0.15, -0.1) is 6.58 Å². The highest BCUT2D eigenvalue weighted by Crippen LogP contribution is 2.10. The Morgan fingerprint density at radius 3 is 1.62 bits per heavy atom. The van der Waals surface area contributed by atoms with E-state index in [-0.39, 0.29) is 0 Å². The minimum absolute atomic E-state index is 0.436. The van der Waals surface area contributed by atoms with Gasteiger partial charge in [0.15, 0.2) is 0 Å². The molecule has 0 saturated carbocycles. The van der Waals surface area contributed by atoms with Crippen molar-refractivity contribution in [1.82, 2.24) is 0 Å². The Bertz CT molecular complexity index is 407. The van der Waals surface area contributed by atoms with Gasteiger partial charge in [0.25, 0.3) is 0 Å². The van der Waals surface area contributed by atoms with Gasteiger partial charge in [0.05, 0.1) is 0 Å². The van der Waals surface area contributed by atoms with Crippen molar-refractivity contribution in [2.24, 2.45) is 0 Å². The molecule has 0 spiro atoms. The molecule has 0 amide bonds. The third kappa shape index (κ3) is 33.3. The van der Waals surface area contributed by atoms with Crippen LogP contribution in [-0.4, -0.2) is 6.16 Å². The number of carbonyl (C=O) groups excluding carboxylic acids is 1. The van der Waals surface area contributed by atoms with Crippen LogP contribution in [0.5, 0.6) is 5.75 Å². The zero-order chi connectivity index (χ0) is 21.8. The summed E-state index contributed by atoms with van der Waals surface area (Å²) in [6.07, 6.45) is 4.11. The molecular formula is C23H42O3. The standard InChI is InChI=1S/C12H12O3.C3H6.4C2H6/c1-3-7-10(2)14-12(13)15-11-8-5-4-6-9-11;1-3-2;4*1-2/h3-9H,1H2,2H3;3H,1H2,2H3;4*1-2H3/b10-7+;;;;;. The van der Waals surface area contributed by atoms with E-state index < -0.39 is 6.16 Å². The van der Waals surface area contributed by atoms with E-state index in [4.69, 9.17) is 9.47 Å². The van der Waals surface area contributed by atoms with Gasteiger partial charge in [-0.1, -0.05) is 92.3 Å². The molecule has 0 N–H and O–H groups in total. The van der Waals surface area contributed by atoms with E-state index in [1.165, 1.54) is 6.08 Å². The minimum atomic E-state index is -0.753. The molecule has 0 bridgehead atoms.